The van der Waals surface area contributed by atoms with Crippen molar-refractivity contribution in [2.24, 2.45) is 0 Å². The molecule has 0 bridgehead atoms. The normalized spacial score (nSPS) is 15.7. The first kappa shape index (κ1) is 21.5. The van der Waals surface area contributed by atoms with Crippen LogP contribution in [-0.4, -0.2) is 22.2 Å². The van der Waals surface area contributed by atoms with Gasteiger partial charge in [0.15, 0.2) is 0 Å². The summed E-state index contributed by atoms with van der Waals surface area (Å²) in [5, 5.41) is 1.000. The van der Waals surface area contributed by atoms with Crippen LogP contribution >= 0.6 is 11.6 Å². The van der Waals surface area contributed by atoms with Gasteiger partial charge in [-0.15, -0.1) is 11.6 Å². The number of carbonyl (C=O) groups excluding carboxylic acids is 2. The Kier molecular flexibility index (Phi) is 9.40. The molecule has 1 aliphatic heterocycles. The average Bonchev–Trinajstić information content (AvgIpc) is 2.97. The van der Waals surface area contributed by atoms with Crippen molar-refractivity contribution in [3.63, 3.8) is 0 Å². The molecule has 0 N–H and O–H groups in total. The Bertz CT molecular complexity index is 629. The number of hydrogen-bond donors (Lipinski definition) is 0. The number of benzene rings is 1. The van der Waals surface area contributed by atoms with Gasteiger partial charge in [0.05, 0.1) is 5.69 Å². The topological polar surface area (TPSA) is 51.5 Å². The van der Waals surface area contributed by atoms with E-state index < -0.39 is 0 Å². The number of nitrogens with zero attached hydrogens (tertiary/aromatic N) is 2. The zero-order valence-electron chi connectivity index (χ0n) is 16.2. The number of unbranched alkanes of at least 4 members (excludes halogenated alkanes) is 4. The second-order valence-corrected chi connectivity index (χ2v) is 7.64. The summed E-state index contributed by atoms with van der Waals surface area (Å²) >= 11 is 6.52. The predicted molar refractivity (Wildman–Crippen MR) is 110 cm³/mol. The Hall–Kier alpha value is -1.81. The van der Waals surface area contributed by atoms with Crippen LogP contribution in [0.3, 0.4) is 0 Å². The molecule has 0 spiro atoms. The molecular formula is C22H30ClN2O2. The van der Waals surface area contributed by atoms with Crippen molar-refractivity contribution < 1.29 is 9.59 Å². The number of hydrogen-bond acceptors (Lipinski definition) is 2. The number of imide groups is 1. The Labute approximate surface area is 167 Å². The van der Waals surface area contributed by atoms with Crippen molar-refractivity contribution in [2.45, 2.75) is 76.5 Å². The number of halogens is 1. The number of amides is 2. The summed E-state index contributed by atoms with van der Waals surface area (Å²) in [6, 6.07) is 7.58. The predicted octanol–water partition coefficient (Wildman–Crippen LogP) is 5.44. The lowest BCUT2D eigenvalue weighted by Crippen LogP contribution is -2.34. The van der Waals surface area contributed by atoms with E-state index in [1.807, 2.05) is 24.3 Å². The molecule has 1 heterocycles. The Morgan fingerprint density at radius 3 is 2.52 bits per heavy atom. The SMILES string of the molecule is CCCCCCC=CCCC(Cl)Cc1ccccc1[N]N1C(=O)CCC1=O. The van der Waals surface area contributed by atoms with Gasteiger partial charge in [0, 0.05) is 18.2 Å². The fourth-order valence-electron chi connectivity index (χ4n) is 3.11. The lowest BCUT2D eigenvalue weighted by molar-refractivity contribution is -0.141. The Morgan fingerprint density at radius 2 is 1.78 bits per heavy atom. The van der Waals surface area contributed by atoms with Gasteiger partial charge in [0.25, 0.3) is 0 Å². The summed E-state index contributed by atoms with van der Waals surface area (Å²) in [6.45, 7) is 2.22. The van der Waals surface area contributed by atoms with E-state index in [0.717, 1.165) is 29.8 Å². The first-order chi connectivity index (χ1) is 13.1. The van der Waals surface area contributed by atoms with Crippen molar-refractivity contribution in [2.75, 3.05) is 0 Å². The number of allylic oxidation sites excluding steroid dienone is 2. The van der Waals surface area contributed by atoms with Crippen molar-refractivity contribution in [1.29, 1.82) is 0 Å². The van der Waals surface area contributed by atoms with E-state index >= 15 is 0 Å². The minimum atomic E-state index is -0.235. The maximum Gasteiger partial charge on any atom is 0.250 e. The van der Waals surface area contributed by atoms with E-state index in [0.29, 0.717) is 12.1 Å². The molecule has 1 fully saturated rings. The third kappa shape index (κ3) is 7.37. The zero-order valence-corrected chi connectivity index (χ0v) is 17.0. The molecule has 5 heteroatoms. The Morgan fingerprint density at radius 1 is 1.07 bits per heavy atom. The van der Waals surface area contributed by atoms with E-state index in [4.69, 9.17) is 11.6 Å². The molecule has 2 amide bonds. The monoisotopic (exact) mass is 389 g/mol. The van der Waals surface area contributed by atoms with Gasteiger partial charge in [-0.1, -0.05) is 56.5 Å². The molecular weight excluding hydrogens is 360 g/mol. The standard InChI is InChI=1S/C22H30ClN2O2/c1-2-3-4-5-6-7-8-9-13-19(23)17-18-12-10-11-14-20(18)24-25-21(26)15-16-22(25)27/h7-8,10-12,14,19H,2-6,9,13,15-17H2,1H3. The Balaban J connectivity index is 1.78. The van der Waals surface area contributed by atoms with Crippen molar-refractivity contribution in [3.8, 4) is 0 Å². The molecule has 147 valence electrons. The van der Waals surface area contributed by atoms with Gasteiger partial charge >= 0.3 is 0 Å². The molecule has 0 aliphatic carbocycles. The molecule has 2 rings (SSSR count). The van der Waals surface area contributed by atoms with Crippen molar-refractivity contribution in [3.05, 3.63) is 42.0 Å². The van der Waals surface area contributed by atoms with Crippen LogP contribution in [0.5, 0.6) is 0 Å². The molecule has 1 aromatic rings. The summed E-state index contributed by atoms with van der Waals surface area (Å²) in [5.41, 5.74) is 5.90. The number of carbonyl (C=O) groups is 2. The number of rotatable bonds is 12. The molecule has 1 aliphatic rings. The molecule has 0 aromatic heterocycles. The molecule has 1 saturated heterocycles. The van der Waals surface area contributed by atoms with E-state index in [-0.39, 0.29) is 30.0 Å². The van der Waals surface area contributed by atoms with Gasteiger partial charge in [0.2, 0.25) is 11.8 Å². The third-order valence-electron chi connectivity index (χ3n) is 4.70. The highest BCUT2D eigenvalue weighted by atomic mass is 35.5. The number of alkyl halides is 1. The fraction of sp³-hybridized carbons (Fsp3) is 0.545. The minimum Gasteiger partial charge on any atom is -0.272 e. The smallest absolute Gasteiger partial charge is 0.250 e. The first-order valence-electron chi connectivity index (χ1n) is 10.1. The summed E-state index contributed by atoms with van der Waals surface area (Å²) in [7, 11) is 0. The fourth-order valence-corrected chi connectivity index (χ4v) is 3.40. The van der Waals surface area contributed by atoms with Gasteiger partial charge in [-0.3, -0.25) is 9.59 Å². The highest BCUT2D eigenvalue weighted by Crippen LogP contribution is 2.23. The van der Waals surface area contributed by atoms with Crippen LogP contribution in [0.4, 0.5) is 5.69 Å². The summed E-state index contributed by atoms with van der Waals surface area (Å²) in [6.07, 6.45) is 13.8. The molecule has 27 heavy (non-hydrogen) atoms. The van der Waals surface area contributed by atoms with Crippen LogP contribution in [0.2, 0.25) is 0 Å². The lowest BCUT2D eigenvalue weighted by Gasteiger charge is -2.17. The summed E-state index contributed by atoms with van der Waals surface area (Å²) < 4.78 is 0. The van der Waals surface area contributed by atoms with Crippen LogP contribution in [0.1, 0.15) is 70.3 Å². The maximum atomic E-state index is 11.8. The van der Waals surface area contributed by atoms with Crippen LogP contribution in [-0.2, 0) is 16.0 Å². The molecule has 1 unspecified atom stereocenters. The first-order valence-corrected chi connectivity index (χ1v) is 10.5. The van der Waals surface area contributed by atoms with Gasteiger partial charge in [-0.2, -0.15) is 10.4 Å². The minimum absolute atomic E-state index is 0.00364. The highest BCUT2D eigenvalue weighted by Gasteiger charge is 2.31. The third-order valence-corrected chi connectivity index (χ3v) is 5.08. The maximum absolute atomic E-state index is 11.8. The second kappa shape index (κ2) is 11.8. The largest absolute Gasteiger partial charge is 0.272 e. The average molecular weight is 390 g/mol. The van der Waals surface area contributed by atoms with Gasteiger partial charge < -0.3 is 0 Å². The van der Waals surface area contributed by atoms with Crippen molar-refractivity contribution >= 4 is 29.1 Å². The van der Waals surface area contributed by atoms with Crippen LogP contribution in [0.25, 0.3) is 0 Å². The summed E-state index contributed by atoms with van der Waals surface area (Å²) in [5.74, 6) is -0.470. The van der Waals surface area contributed by atoms with E-state index in [1.165, 1.54) is 25.7 Å². The molecule has 1 atom stereocenters. The van der Waals surface area contributed by atoms with Gasteiger partial charge in [-0.25, -0.2) is 0 Å². The van der Waals surface area contributed by atoms with Crippen LogP contribution in [0.15, 0.2) is 36.4 Å². The summed E-state index contributed by atoms with van der Waals surface area (Å²) in [4.78, 5) is 23.6. The van der Waals surface area contributed by atoms with Gasteiger partial charge in [-0.05, 0) is 43.7 Å². The lowest BCUT2D eigenvalue weighted by atomic mass is 10.0. The molecule has 0 saturated carbocycles. The molecule has 1 aromatic carbocycles. The molecule has 4 nitrogen and oxygen atoms in total. The molecule has 1 radical (unpaired) electrons. The van der Waals surface area contributed by atoms with Crippen molar-refractivity contribution in [1.82, 2.24) is 10.4 Å². The van der Waals surface area contributed by atoms with Gasteiger partial charge in [0.1, 0.15) is 0 Å². The van der Waals surface area contributed by atoms with E-state index in [9.17, 15) is 9.59 Å². The van der Waals surface area contributed by atoms with E-state index in [2.05, 4.69) is 24.5 Å². The van der Waals surface area contributed by atoms with E-state index in [1.54, 1.807) is 0 Å². The quantitative estimate of drug-likeness (QED) is 0.207. The van der Waals surface area contributed by atoms with Crippen LogP contribution < -0.4 is 5.43 Å². The highest BCUT2D eigenvalue weighted by molar-refractivity contribution is 6.20. The zero-order chi connectivity index (χ0) is 19.5. The second-order valence-electron chi connectivity index (χ2n) is 7.03. The van der Waals surface area contributed by atoms with Crippen LogP contribution in [0, 0.1) is 0 Å².